The van der Waals surface area contributed by atoms with Gasteiger partial charge in [-0.15, -0.1) is 23.7 Å². The number of benzene rings is 1. The number of carbonyl (C=O) groups excluding carboxylic acids is 1. The second-order valence-corrected chi connectivity index (χ2v) is 7.09. The van der Waals surface area contributed by atoms with E-state index in [1.54, 1.807) is 11.3 Å². The minimum absolute atomic E-state index is 0. The monoisotopic (exact) mass is 388 g/mol. The first-order valence-corrected chi connectivity index (χ1v) is 9.40. The van der Waals surface area contributed by atoms with Gasteiger partial charge in [-0.1, -0.05) is 24.3 Å². The van der Waals surface area contributed by atoms with Crippen molar-refractivity contribution in [3.8, 4) is 16.3 Å². The molecule has 0 aliphatic carbocycles. The predicted octanol–water partition coefficient (Wildman–Crippen LogP) is 3.50. The summed E-state index contributed by atoms with van der Waals surface area (Å²) >= 11 is 1.64. The van der Waals surface area contributed by atoms with E-state index in [1.807, 2.05) is 58.6 Å². The fourth-order valence-corrected chi connectivity index (χ4v) is 3.82. The number of nitrogens with zero attached hydrogens (tertiary/aromatic N) is 2. The minimum Gasteiger partial charge on any atom is -0.349 e. The number of nitrogens with one attached hydrogen (secondary N) is 2. The average molecular weight is 389 g/mol. The van der Waals surface area contributed by atoms with Crippen molar-refractivity contribution in [2.75, 3.05) is 13.1 Å². The SMILES string of the molecule is Cl.O=C(NCC1CCCN1)c1cc(-c2cccs2)n(-c2ccccc2)n1. The van der Waals surface area contributed by atoms with Crippen molar-refractivity contribution in [2.24, 2.45) is 0 Å². The van der Waals surface area contributed by atoms with E-state index in [0.29, 0.717) is 18.3 Å². The predicted molar refractivity (Wildman–Crippen MR) is 107 cm³/mol. The highest BCUT2D eigenvalue weighted by Gasteiger charge is 2.19. The van der Waals surface area contributed by atoms with Crippen molar-refractivity contribution in [3.05, 3.63) is 59.6 Å². The van der Waals surface area contributed by atoms with Gasteiger partial charge in [-0.25, -0.2) is 4.68 Å². The molecule has 1 aromatic carbocycles. The van der Waals surface area contributed by atoms with E-state index in [2.05, 4.69) is 15.7 Å². The van der Waals surface area contributed by atoms with Crippen LogP contribution >= 0.6 is 23.7 Å². The number of rotatable bonds is 5. The summed E-state index contributed by atoms with van der Waals surface area (Å²) in [5.74, 6) is -0.124. The molecule has 0 radical (unpaired) electrons. The molecule has 1 amide bonds. The largest absolute Gasteiger partial charge is 0.349 e. The normalized spacial score (nSPS) is 16.2. The first-order chi connectivity index (χ1) is 12.3. The van der Waals surface area contributed by atoms with Crippen LogP contribution in [0.15, 0.2) is 53.9 Å². The number of hydrogen-bond acceptors (Lipinski definition) is 4. The van der Waals surface area contributed by atoms with Crippen LogP contribution in [0.2, 0.25) is 0 Å². The lowest BCUT2D eigenvalue weighted by Gasteiger charge is -2.10. The lowest BCUT2D eigenvalue weighted by atomic mass is 10.2. The topological polar surface area (TPSA) is 59.0 Å². The number of halogens is 1. The summed E-state index contributed by atoms with van der Waals surface area (Å²) in [5, 5.41) is 13.0. The summed E-state index contributed by atoms with van der Waals surface area (Å²) in [6.45, 7) is 1.68. The van der Waals surface area contributed by atoms with Gasteiger partial charge in [0.2, 0.25) is 0 Å². The fourth-order valence-electron chi connectivity index (χ4n) is 3.10. The van der Waals surface area contributed by atoms with Crippen LogP contribution in [0, 0.1) is 0 Å². The van der Waals surface area contributed by atoms with Gasteiger partial charge in [0.05, 0.1) is 16.3 Å². The average Bonchev–Trinajstić information content (AvgIpc) is 3.41. The standard InChI is InChI=1S/C19H20N4OS.ClH/c24-19(21-13-14-6-4-10-20-14)16-12-17(18-9-5-11-25-18)23(22-16)15-7-2-1-3-8-15;/h1-3,5,7-9,11-12,14,20H,4,6,10,13H2,(H,21,24);1H. The Morgan fingerprint density at radius 1 is 1.27 bits per heavy atom. The maximum atomic E-state index is 12.6. The Morgan fingerprint density at radius 2 is 2.12 bits per heavy atom. The number of amides is 1. The van der Waals surface area contributed by atoms with Gasteiger partial charge in [-0.3, -0.25) is 4.79 Å². The van der Waals surface area contributed by atoms with Crippen LogP contribution in [0.5, 0.6) is 0 Å². The van der Waals surface area contributed by atoms with Crippen molar-refractivity contribution in [3.63, 3.8) is 0 Å². The maximum Gasteiger partial charge on any atom is 0.271 e. The number of para-hydroxylation sites is 1. The molecular weight excluding hydrogens is 368 g/mol. The van der Waals surface area contributed by atoms with Gasteiger partial charge in [0.1, 0.15) is 0 Å². The smallest absolute Gasteiger partial charge is 0.271 e. The third-order valence-electron chi connectivity index (χ3n) is 4.39. The summed E-state index contributed by atoms with van der Waals surface area (Å²) in [7, 11) is 0. The Labute approximate surface area is 162 Å². The van der Waals surface area contributed by atoms with Gasteiger partial charge in [-0.2, -0.15) is 5.10 Å². The van der Waals surface area contributed by atoms with Crippen molar-refractivity contribution < 1.29 is 4.79 Å². The van der Waals surface area contributed by atoms with Gasteiger partial charge >= 0.3 is 0 Å². The zero-order chi connectivity index (χ0) is 17.1. The van der Waals surface area contributed by atoms with Gasteiger partial charge in [0, 0.05) is 12.6 Å². The van der Waals surface area contributed by atoms with E-state index in [4.69, 9.17) is 0 Å². The molecule has 4 rings (SSSR count). The van der Waals surface area contributed by atoms with Crippen molar-refractivity contribution in [1.29, 1.82) is 0 Å². The molecule has 0 bridgehead atoms. The molecule has 136 valence electrons. The third kappa shape index (κ3) is 3.98. The van der Waals surface area contributed by atoms with E-state index in [9.17, 15) is 4.79 Å². The quantitative estimate of drug-likeness (QED) is 0.703. The summed E-state index contributed by atoms with van der Waals surface area (Å²) in [6.07, 6.45) is 2.28. The molecule has 2 aromatic heterocycles. The Hall–Kier alpha value is -2.15. The molecule has 1 aliphatic rings. The van der Waals surface area contributed by atoms with Crippen molar-refractivity contribution in [1.82, 2.24) is 20.4 Å². The fraction of sp³-hybridized carbons (Fsp3) is 0.263. The van der Waals surface area contributed by atoms with E-state index in [-0.39, 0.29) is 18.3 Å². The second-order valence-electron chi connectivity index (χ2n) is 6.14. The molecule has 7 heteroatoms. The highest BCUT2D eigenvalue weighted by molar-refractivity contribution is 7.13. The lowest BCUT2D eigenvalue weighted by molar-refractivity contribution is 0.0945. The highest BCUT2D eigenvalue weighted by Crippen LogP contribution is 2.28. The van der Waals surface area contributed by atoms with Crippen LogP contribution in [0.4, 0.5) is 0 Å². The van der Waals surface area contributed by atoms with Gasteiger partial charge in [-0.05, 0) is 49.0 Å². The number of aromatic nitrogens is 2. The van der Waals surface area contributed by atoms with Crippen LogP contribution < -0.4 is 10.6 Å². The third-order valence-corrected chi connectivity index (χ3v) is 5.28. The lowest BCUT2D eigenvalue weighted by Crippen LogP contribution is -2.37. The molecule has 1 saturated heterocycles. The van der Waals surface area contributed by atoms with Crippen LogP contribution in [0.25, 0.3) is 16.3 Å². The number of hydrogen-bond donors (Lipinski definition) is 2. The minimum atomic E-state index is -0.124. The van der Waals surface area contributed by atoms with Gasteiger partial charge in [0.15, 0.2) is 5.69 Å². The van der Waals surface area contributed by atoms with Crippen molar-refractivity contribution >= 4 is 29.7 Å². The molecule has 2 N–H and O–H groups in total. The van der Waals surface area contributed by atoms with E-state index in [1.165, 1.54) is 6.42 Å². The van der Waals surface area contributed by atoms with Crippen LogP contribution in [0.1, 0.15) is 23.3 Å². The zero-order valence-electron chi connectivity index (χ0n) is 14.2. The Morgan fingerprint density at radius 3 is 2.81 bits per heavy atom. The van der Waals surface area contributed by atoms with Crippen LogP contribution in [-0.4, -0.2) is 34.8 Å². The molecule has 3 heterocycles. The maximum absolute atomic E-state index is 12.6. The molecule has 0 saturated carbocycles. The highest BCUT2D eigenvalue weighted by atomic mass is 35.5. The zero-order valence-corrected chi connectivity index (χ0v) is 15.9. The summed E-state index contributed by atoms with van der Waals surface area (Å²) in [5.41, 5.74) is 2.33. The molecule has 1 aliphatic heterocycles. The Bertz CT molecular complexity index is 842. The molecule has 26 heavy (non-hydrogen) atoms. The Kier molecular flexibility index (Phi) is 6.08. The molecule has 0 spiro atoms. The number of thiophene rings is 1. The van der Waals surface area contributed by atoms with Crippen LogP contribution in [-0.2, 0) is 0 Å². The van der Waals surface area contributed by atoms with Crippen molar-refractivity contribution in [2.45, 2.75) is 18.9 Å². The second kappa shape index (κ2) is 8.49. The molecule has 1 atom stereocenters. The molecule has 5 nitrogen and oxygen atoms in total. The molecular formula is C19H21ClN4OS. The summed E-state index contributed by atoms with van der Waals surface area (Å²) in [4.78, 5) is 13.6. The van der Waals surface area contributed by atoms with E-state index < -0.39 is 0 Å². The van der Waals surface area contributed by atoms with E-state index in [0.717, 1.165) is 29.2 Å². The van der Waals surface area contributed by atoms with E-state index >= 15 is 0 Å². The molecule has 3 aromatic rings. The summed E-state index contributed by atoms with van der Waals surface area (Å²) < 4.78 is 1.84. The van der Waals surface area contributed by atoms with Gasteiger partial charge in [0.25, 0.3) is 5.91 Å². The first-order valence-electron chi connectivity index (χ1n) is 8.52. The molecule has 1 fully saturated rings. The van der Waals surface area contributed by atoms with Crippen LogP contribution in [0.3, 0.4) is 0 Å². The first kappa shape index (κ1) is 18.6. The Balaban J connectivity index is 0.00000196. The number of carbonyl (C=O) groups is 1. The van der Waals surface area contributed by atoms with Gasteiger partial charge < -0.3 is 10.6 Å². The molecule has 1 unspecified atom stereocenters. The summed E-state index contributed by atoms with van der Waals surface area (Å²) in [6, 6.07) is 16.2.